The van der Waals surface area contributed by atoms with E-state index in [0.717, 1.165) is 17.1 Å². The molecule has 1 aromatic carbocycles. The van der Waals surface area contributed by atoms with E-state index in [1.165, 1.54) is 0 Å². The number of hydrogen-bond donors (Lipinski definition) is 2. The topological polar surface area (TPSA) is 41.1 Å². The summed E-state index contributed by atoms with van der Waals surface area (Å²) in [5, 5.41) is 6.18. The molecule has 0 bridgehead atoms. The summed E-state index contributed by atoms with van der Waals surface area (Å²) in [5.41, 5.74) is 0.897. The molecule has 0 saturated carbocycles. The molecule has 3 nitrogen and oxygen atoms in total. The minimum absolute atomic E-state index is 0.0555. The van der Waals surface area contributed by atoms with E-state index in [2.05, 4.69) is 10.6 Å². The average molecular weight is 252 g/mol. The van der Waals surface area contributed by atoms with Crippen molar-refractivity contribution in [3.05, 3.63) is 24.3 Å². The Morgan fingerprint density at radius 2 is 2.12 bits per heavy atom. The van der Waals surface area contributed by atoms with E-state index < -0.39 is 0 Å². The maximum atomic E-state index is 11.8. The van der Waals surface area contributed by atoms with Crippen LogP contribution >= 0.6 is 11.8 Å². The number of nitrogens with one attached hydrogen (secondary N) is 2. The number of carbonyl (C=O) groups is 1. The van der Waals surface area contributed by atoms with Crippen LogP contribution in [0.15, 0.2) is 29.2 Å². The standard InChI is InChI=1S/C13H20N2OS/c1-4-14-10(2)9-13(16)15-11-7-5-6-8-12(11)17-3/h5-8,10,14H,4,9H2,1-3H3,(H,15,16). The summed E-state index contributed by atoms with van der Waals surface area (Å²) in [4.78, 5) is 12.9. The van der Waals surface area contributed by atoms with Crippen molar-refractivity contribution in [1.82, 2.24) is 5.32 Å². The molecule has 4 heteroatoms. The Hall–Kier alpha value is -1.00. The molecule has 0 aromatic heterocycles. The van der Waals surface area contributed by atoms with Gasteiger partial charge in [0.15, 0.2) is 0 Å². The van der Waals surface area contributed by atoms with Crippen LogP contribution in [-0.4, -0.2) is 24.7 Å². The number of para-hydroxylation sites is 1. The molecule has 2 N–H and O–H groups in total. The van der Waals surface area contributed by atoms with Gasteiger partial charge in [0, 0.05) is 17.4 Å². The first-order chi connectivity index (χ1) is 8.17. The van der Waals surface area contributed by atoms with E-state index >= 15 is 0 Å². The van der Waals surface area contributed by atoms with Crippen molar-refractivity contribution in [2.75, 3.05) is 18.1 Å². The van der Waals surface area contributed by atoms with Crippen molar-refractivity contribution < 1.29 is 4.79 Å². The normalized spacial score (nSPS) is 12.2. The Morgan fingerprint density at radius 3 is 2.76 bits per heavy atom. The van der Waals surface area contributed by atoms with Gasteiger partial charge in [-0.25, -0.2) is 0 Å². The van der Waals surface area contributed by atoms with Crippen LogP contribution in [0.4, 0.5) is 5.69 Å². The van der Waals surface area contributed by atoms with Gasteiger partial charge in [-0.15, -0.1) is 11.8 Å². The minimum atomic E-state index is 0.0555. The van der Waals surface area contributed by atoms with Crippen LogP contribution < -0.4 is 10.6 Å². The Bertz CT molecular complexity index is 368. The number of rotatable bonds is 6. The molecule has 17 heavy (non-hydrogen) atoms. The summed E-state index contributed by atoms with van der Waals surface area (Å²) in [5.74, 6) is 0.0555. The second-order valence-electron chi connectivity index (χ2n) is 3.91. The lowest BCUT2D eigenvalue weighted by Crippen LogP contribution is -2.30. The third-order valence-corrected chi connectivity index (χ3v) is 3.22. The van der Waals surface area contributed by atoms with E-state index in [0.29, 0.717) is 6.42 Å². The fraction of sp³-hybridized carbons (Fsp3) is 0.462. The molecular weight excluding hydrogens is 232 g/mol. The van der Waals surface area contributed by atoms with Crippen molar-refractivity contribution in [3.8, 4) is 0 Å². The summed E-state index contributed by atoms with van der Waals surface area (Å²) >= 11 is 1.64. The molecule has 94 valence electrons. The number of anilines is 1. The van der Waals surface area contributed by atoms with Crippen molar-refractivity contribution in [3.63, 3.8) is 0 Å². The molecule has 1 amide bonds. The van der Waals surface area contributed by atoms with Crippen LogP contribution in [0.5, 0.6) is 0 Å². The van der Waals surface area contributed by atoms with Crippen LogP contribution in [0.2, 0.25) is 0 Å². The van der Waals surface area contributed by atoms with Crippen molar-refractivity contribution >= 4 is 23.4 Å². The van der Waals surface area contributed by atoms with Crippen molar-refractivity contribution in [2.24, 2.45) is 0 Å². The van der Waals surface area contributed by atoms with Gasteiger partial charge in [-0.3, -0.25) is 4.79 Å². The molecule has 1 rings (SSSR count). The van der Waals surface area contributed by atoms with Gasteiger partial charge in [0.2, 0.25) is 5.91 Å². The van der Waals surface area contributed by atoms with E-state index in [-0.39, 0.29) is 11.9 Å². The molecule has 1 unspecified atom stereocenters. The highest BCUT2D eigenvalue weighted by atomic mass is 32.2. The molecule has 0 radical (unpaired) electrons. The lowest BCUT2D eigenvalue weighted by molar-refractivity contribution is -0.116. The molecular formula is C13H20N2OS. The zero-order valence-corrected chi connectivity index (χ0v) is 11.4. The molecule has 1 aromatic rings. The van der Waals surface area contributed by atoms with Gasteiger partial charge in [-0.2, -0.15) is 0 Å². The van der Waals surface area contributed by atoms with Crippen LogP contribution in [0.25, 0.3) is 0 Å². The van der Waals surface area contributed by atoms with Gasteiger partial charge in [0.1, 0.15) is 0 Å². The van der Waals surface area contributed by atoms with E-state index in [1.807, 2.05) is 44.4 Å². The zero-order valence-electron chi connectivity index (χ0n) is 10.6. The highest BCUT2D eigenvalue weighted by Gasteiger charge is 2.09. The fourth-order valence-electron chi connectivity index (χ4n) is 1.65. The van der Waals surface area contributed by atoms with Gasteiger partial charge in [-0.05, 0) is 31.9 Å². The van der Waals surface area contributed by atoms with Crippen LogP contribution in [0.3, 0.4) is 0 Å². The summed E-state index contributed by atoms with van der Waals surface area (Å²) in [6.07, 6.45) is 2.50. The SMILES string of the molecule is CCNC(C)CC(=O)Nc1ccccc1SC. The quantitative estimate of drug-likeness (QED) is 0.765. The van der Waals surface area contributed by atoms with Crippen LogP contribution in [-0.2, 0) is 4.79 Å². The van der Waals surface area contributed by atoms with Crippen LogP contribution in [0.1, 0.15) is 20.3 Å². The number of hydrogen-bond acceptors (Lipinski definition) is 3. The first-order valence-corrected chi connectivity index (χ1v) is 7.06. The molecule has 1 atom stereocenters. The molecule has 0 aliphatic heterocycles. The Labute approximate surface area is 107 Å². The number of thioether (sulfide) groups is 1. The number of amides is 1. The van der Waals surface area contributed by atoms with Gasteiger partial charge >= 0.3 is 0 Å². The lowest BCUT2D eigenvalue weighted by atomic mass is 10.2. The van der Waals surface area contributed by atoms with Gasteiger partial charge < -0.3 is 10.6 Å². The second kappa shape index (κ2) is 7.35. The zero-order chi connectivity index (χ0) is 12.7. The van der Waals surface area contributed by atoms with Gasteiger partial charge in [0.25, 0.3) is 0 Å². The molecule has 0 aliphatic carbocycles. The largest absolute Gasteiger partial charge is 0.325 e. The third-order valence-electron chi connectivity index (χ3n) is 2.43. The van der Waals surface area contributed by atoms with Crippen molar-refractivity contribution in [2.45, 2.75) is 31.2 Å². The number of benzene rings is 1. The summed E-state index contributed by atoms with van der Waals surface area (Å²) in [6, 6.07) is 8.06. The van der Waals surface area contributed by atoms with Crippen LogP contribution in [0, 0.1) is 0 Å². The van der Waals surface area contributed by atoms with Gasteiger partial charge in [-0.1, -0.05) is 19.1 Å². The Balaban J connectivity index is 2.55. The first kappa shape index (κ1) is 14.1. The smallest absolute Gasteiger partial charge is 0.225 e. The molecule has 0 spiro atoms. The predicted octanol–water partition coefficient (Wildman–Crippen LogP) is 2.74. The molecule has 0 fully saturated rings. The fourth-order valence-corrected chi connectivity index (χ4v) is 2.20. The predicted molar refractivity (Wildman–Crippen MR) is 74.6 cm³/mol. The van der Waals surface area contributed by atoms with Crippen molar-refractivity contribution in [1.29, 1.82) is 0 Å². The molecule has 0 heterocycles. The number of carbonyl (C=O) groups excluding carboxylic acids is 1. The monoisotopic (exact) mass is 252 g/mol. The summed E-state index contributed by atoms with van der Waals surface area (Å²) in [7, 11) is 0. The Kier molecular flexibility index (Phi) is 6.08. The highest BCUT2D eigenvalue weighted by molar-refractivity contribution is 7.98. The molecule has 0 aliphatic rings. The maximum Gasteiger partial charge on any atom is 0.225 e. The lowest BCUT2D eigenvalue weighted by Gasteiger charge is -2.13. The first-order valence-electron chi connectivity index (χ1n) is 5.83. The average Bonchev–Trinajstić information content (AvgIpc) is 2.29. The highest BCUT2D eigenvalue weighted by Crippen LogP contribution is 2.24. The van der Waals surface area contributed by atoms with E-state index in [9.17, 15) is 4.79 Å². The molecule has 0 saturated heterocycles. The maximum absolute atomic E-state index is 11.8. The van der Waals surface area contributed by atoms with Gasteiger partial charge in [0.05, 0.1) is 5.69 Å². The van der Waals surface area contributed by atoms with E-state index in [1.54, 1.807) is 11.8 Å². The third kappa shape index (κ3) is 4.79. The summed E-state index contributed by atoms with van der Waals surface area (Å²) < 4.78 is 0. The second-order valence-corrected chi connectivity index (χ2v) is 4.76. The Morgan fingerprint density at radius 1 is 1.41 bits per heavy atom. The van der Waals surface area contributed by atoms with E-state index in [4.69, 9.17) is 0 Å². The summed E-state index contributed by atoms with van der Waals surface area (Å²) in [6.45, 7) is 4.94. The minimum Gasteiger partial charge on any atom is -0.325 e.